The highest BCUT2D eigenvalue weighted by Gasteiger charge is 2.24. The number of nitrogens with one attached hydrogen (secondary N) is 1. The van der Waals surface area contributed by atoms with E-state index in [9.17, 15) is 22.9 Å². The number of allylic oxidation sites excluding steroid dienone is 11. The molecule has 0 aromatic heterocycles. The van der Waals surface area contributed by atoms with Gasteiger partial charge in [-0.3, -0.25) is 9.35 Å². The Balaban J connectivity index is 3.94. The first-order valence-electron chi connectivity index (χ1n) is 18.6. The average molecular weight is 676 g/mol. The first kappa shape index (κ1) is 44.8. The van der Waals surface area contributed by atoms with Gasteiger partial charge in [-0.2, -0.15) is 8.42 Å². The predicted molar refractivity (Wildman–Crippen MR) is 202 cm³/mol. The third-order valence-corrected chi connectivity index (χ3v) is 8.67. The number of carbonyl (C=O) groups is 1. The largest absolute Gasteiger partial charge is 0.387 e. The zero-order valence-electron chi connectivity index (χ0n) is 29.9. The minimum Gasteiger partial charge on any atom is -0.387 e. The van der Waals surface area contributed by atoms with E-state index < -0.39 is 28.0 Å². The maximum atomic E-state index is 12.4. The molecule has 0 aliphatic rings. The summed E-state index contributed by atoms with van der Waals surface area (Å²) in [5.74, 6) is -1.00. The highest BCUT2D eigenvalue weighted by molar-refractivity contribution is 7.85. The summed E-state index contributed by atoms with van der Waals surface area (Å²) in [7, 11) is -4.34. The van der Waals surface area contributed by atoms with E-state index in [4.69, 9.17) is 0 Å². The van der Waals surface area contributed by atoms with Gasteiger partial charge in [0.15, 0.2) is 0 Å². The highest BCUT2D eigenvalue weighted by Crippen LogP contribution is 2.12. The van der Waals surface area contributed by atoms with Crippen LogP contribution in [0.5, 0.6) is 0 Å². The van der Waals surface area contributed by atoms with Crippen LogP contribution in [-0.2, 0) is 14.9 Å². The maximum Gasteiger partial charge on any atom is 0.267 e. The van der Waals surface area contributed by atoms with Gasteiger partial charge in [0.1, 0.15) is 0 Å². The second-order valence-corrected chi connectivity index (χ2v) is 14.0. The zero-order chi connectivity index (χ0) is 34.7. The molecule has 3 N–H and O–H groups in total. The number of hydrogen-bond acceptors (Lipinski definition) is 4. The fourth-order valence-corrected chi connectivity index (χ4v) is 5.86. The third-order valence-electron chi connectivity index (χ3n) is 7.89. The van der Waals surface area contributed by atoms with Crippen LogP contribution in [0.3, 0.4) is 0 Å². The van der Waals surface area contributed by atoms with Crippen molar-refractivity contribution in [3.05, 3.63) is 72.9 Å². The summed E-state index contributed by atoms with van der Waals surface area (Å²) in [5, 5.41) is 13.1. The van der Waals surface area contributed by atoms with Crippen LogP contribution in [-0.4, -0.2) is 41.9 Å². The summed E-state index contributed by atoms with van der Waals surface area (Å²) in [4.78, 5) is 12.4. The molecule has 0 saturated heterocycles. The first-order chi connectivity index (χ1) is 22.8. The number of hydrogen-bond donors (Lipinski definition) is 3. The van der Waals surface area contributed by atoms with E-state index in [1.807, 2.05) is 6.08 Å². The lowest BCUT2D eigenvalue weighted by Crippen LogP contribution is -2.46. The molecule has 0 aromatic carbocycles. The molecule has 0 radical (unpaired) electrons. The molecule has 0 saturated carbocycles. The van der Waals surface area contributed by atoms with Gasteiger partial charge in [0, 0.05) is 6.42 Å². The second kappa shape index (κ2) is 33.7. The van der Waals surface area contributed by atoms with Crippen molar-refractivity contribution in [3.8, 4) is 0 Å². The molecule has 0 aliphatic carbocycles. The lowest BCUT2D eigenvalue weighted by Gasteiger charge is -2.21. The number of unbranched alkanes of at least 4 members (excludes halogenated alkanes) is 14. The summed E-state index contributed by atoms with van der Waals surface area (Å²) in [6.07, 6.45) is 47.5. The quantitative estimate of drug-likeness (QED) is 0.0374. The summed E-state index contributed by atoms with van der Waals surface area (Å²) in [6.45, 7) is 4.35. The lowest BCUT2D eigenvalue weighted by molar-refractivity contribution is -0.122. The molecular weight excluding hydrogens is 607 g/mol. The lowest BCUT2D eigenvalue weighted by atomic mass is 10.1. The molecular formula is C40H69NO5S. The molecule has 0 rings (SSSR count). The van der Waals surface area contributed by atoms with Gasteiger partial charge < -0.3 is 10.4 Å². The molecule has 1 amide bonds. The van der Waals surface area contributed by atoms with E-state index in [-0.39, 0.29) is 12.3 Å². The molecule has 0 heterocycles. The van der Waals surface area contributed by atoms with Gasteiger partial charge in [0.05, 0.1) is 17.9 Å². The first-order valence-corrected chi connectivity index (χ1v) is 20.2. The van der Waals surface area contributed by atoms with E-state index in [1.165, 1.54) is 57.4 Å². The normalized spacial score (nSPS) is 14.2. The fraction of sp³-hybridized carbons (Fsp3) is 0.675. The van der Waals surface area contributed by atoms with Gasteiger partial charge in [-0.05, 0) is 64.2 Å². The minimum absolute atomic E-state index is 0.278. The van der Waals surface area contributed by atoms with Crippen molar-refractivity contribution in [2.24, 2.45) is 0 Å². The smallest absolute Gasteiger partial charge is 0.267 e. The van der Waals surface area contributed by atoms with Crippen molar-refractivity contribution >= 4 is 16.0 Å². The number of rotatable bonds is 32. The molecule has 6 nitrogen and oxygen atoms in total. The Bertz CT molecular complexity index is 1010. The Labute approximate surface area is 289 Å². The minimum atomic E-state index is -4.34. The molecule has 0 bridgehead atoms. The maximum absolute atomic E-state index is 12.4. The molecule has 47 heavy (non-hydrogen) atoms. The van der Waals surface area contributed by atoms with E-state index >= 15 is 0 Å². The highest BCUT2D eigenvalue weighted by atomic mass is 32.2. The van der Waals surface area contributed by atoms with Crippen molar-refractivity contribution in [2.45, 2.75) is 167 Å². The second-order valence-electron chi connectivity index (χ2n) is 12.5. The van der Waals surface area contributed by atoms with Crippen LogP contribution >= 0.6 is 0 Å². The van der Waals surface area contributed by atoms with Crippen LogP contribution in [0.1, 0.15) is 155 Å². The van der Waals surface area contributed by atoms with Crippen LogP contribution in [0.25, 0.3) is 0 Å². The van der Waals surface area contributed by atoms with Crippen molar-refractivity contribution in [3.63, 3.8) is 0 Å². The molecule has 270 valence electrons. The average Bonchev–Trinajstić information content (AvgIpc) is 3.03. The van der Waals surface area contributed by atoms with Crippen LogP contribution in [0.2, 0.25) is 0 Å². The summed E-state index contributed by atoms with van der Waals surface area (Å²) in [6, 6.07) is -1.06. The molecule has 0 fully saturated rings. The number of aliphatic hydroxyl groups is 1. The molecule has 0 spiro atoms. The standard InChI is InChI=1S/C40H69NO5S/c1-3-5-7-9-11-13-14-15-16-17-18-19-20-21-22-23-24-25-26-28-30-32-34-36-40(43)41-38(37-47(44,45)46)39(42)35-33-31-29-27-12-10-8-6-4-2/h5,7,11,13,15-16,18-19,21-22,33,35,38-39,42H,3-4,6,8-10,12,14,17,20,23-32,34,36-37H2,1-2H3,(H,41,43)(H,44,45,46)/b7-5-,13-11-,16-15-,19-18-,22-21-,35-33+. The molecule has 2 atom stereocenters. The van der Waals surface area contributed by atoms with Gasteiger partial charge in [-0.1, -0.05) is 157 Å². The SMILES string of the molecule is CC/C=C\C/C=C\C/C=C\C/C=C\C/C=C\CCCCCCCCCC(=O)NC(CS(=O)(=O)O)C(O)/C=C/CCCCCCCCC. The fourth-order valence-electron chi connectivity index (χ4n) is 5.12. The van der Waals surface area contributed by atoms with E-state index in [1.54, 1.807) is 0 Å². The van der Waals surface area contributed by atoms with Gasteiger partial charge in [0.25, 0.3) is 10.1 Å². The Kier molecular flexibility index (Phi) is 32.1. The van der Waals surface area contributed by atoms with Crippen molar-refractivity contribution < 1.29 is 22.9 Å². The Hall–Kier alpha value is -2.22. The Morgan fingerprint density at radius 1 is 0.596 bits per heavy atom. The zero-order valence-corrected chi connectivity index (χ0v) is 30.7. The van der Waals surface area contributed by atoms with Gasteiger partial charge >= 0.3 is 0 Å². The van der Waals surface area contributed by atoms with Crippen LogP contribution in [0.15, 0.2) is 72.9 Å². The van der Waals surface area contributed by atoms with Crippen LogP contribution in [0.4, 0.5) is 0 Å². The van der Waals surface area contributed by atoms with Crippen molar-refractivity contribution in [2.75, 3.05) is 5.75 Å². The van der Waals surface area contributed by atoms with Gasteiger partial charge in [-0.25, -0.2) is 0 Å². The van der Waals surface area contributed by atoms with E-state index in [2.05, 4.69) is 79.9 Å². The van der Waals surface area contributed by atoms with Crippen LogP contribution < -0.4 is 5.32 Å². The topological polar surface area (TPSA) is 104 Å². The molecule has 7 heteroatoms. The summed E-state index contributed by atoms with van der Waals surface area (Å²) < 4.78 is 32.3. The predicted octanol–water partition coefficient (Wildman–Crippen LogP) is 10.7. The summed E-state index contributed by atoms with van der Waals surface area (Å²) >= 11 is 0. The number of aliphatic hydroxyl groups excluding tert-OH is 1. The molecule has 2 unspecified atom stereocenters. The third kappa shape index (κ3) is 34.9. The van der Waals surface area contributed by atoms with E-state index in [0.29, 0.717) is 6.42 Å². The number of carbonyl (C=O) groups excluding carboxylic acids is 1. The monoisotopic (exact) mass is 675 g/mol. The summed E-state index contributed by atoms with van der Waals surface area (Å²) in [5.41, 5.74) is 0. The molecule has 0 aromatic rings. The van der Waals surface area contributed by atoms with Crippen molar-refractivity contribution in [1.29, 1.82) is 0 Å². The van der Waals surface area contributed by atoms with Crippen LogP contribution in [0, 0.1) is 0 Å². The number of amides is 1. The van der Waals surface area contributed by atoms with Crippen molar-refractivity contribution in [1.82, 2.24) is 5.32 Å². The Morgan fingerprint density at radius 2 is 1.02 bits per heavy atom. The van der Waals surface area contributed by atoms with Gasteiger partial charge in [0.2, 0.25) is 5.91 Å². The van der Waals surface area contributed by atoms with E-state index in [0.717, 1.165) is 77.0 Å². The Morgan fingerprint density at radius 3 is 1.51 bits per heavy atom. The van der Waals surface area contributed by atoms with Gasteiger partial charge in [-0.15, -0.1) is 0 Å². The molecule has 0 aliphatic heterocycles.